The van der Waals surface area contributed by atoms with Gasteiger partial charge in [0.2, 0.25) is 0 Å². The smallest absolute Gasteiger partial charge is 0.291 e. The van der Waals surface area contributed by atoms with Gasteiger partial charge in [-0.3, -0.25) is 9.36 Å². The third-order valence-electron chi connectivity index (χ3n) is 4.05. The van der Waals surface area contributed by atoms with Crippen molar-refractivity contribution in [3.63, 3.8) is 0 Å². The molecule has 0 unspecified atom stereocenters. The van der Waals surface area contributed by atoms with Gasteiger partial charge in [-0.2, -0.15) is 0 Å². The van der Waals surface area contributed by atoms with Crippen LogP contribution in [-0.2, 0) is 0 Å². The molecule has 0 amide bonds. The third kappa shape index (κ3) is 3.22. The molecule has 3 aromatic rings. The quantitative estimate of drug-likeness (QED) is 0.547. The van der Waals surface area contributed by atoms with Crippen LogP contribution >= 0.6 is 11.8 Å². The van der Waals surface area contributed by atoms with Crippen molar-refractivity contribution in [2.24, 2.45) is 0 Å². The molecule has 0 aliphatic carbocycles. The van der Waals surface area contributed by atoms with Crippen molar-refractivity contribution in [3.8, 4) is 17.1 Å². The Kier molecular flexibility index (Phi) is 5.10. The minimum Gasteiger partial charge on any atom is -0.382 e. The molecule has 0 bridgehead atoms. The first-order valence-corrected chi connectivity index (χ1v) is 9.25. The zero-order chi connectivity index (χ0) is 18.7. The highest BCUT2D eigenvalue weighted by Crippen LogP contribution is 2.27. The van der Waals surface area contributed by atoms with Gasteiger partial charge in [0.15, 0.2) is 0 Å². The van der Waals surface area contributed by atoms with E-state index in [-0.39, 0.29) is 17.1 Å². The maximum absolute atomic E-state index is 13.0. The van der Waals surface area contributed by atoms with Gasteiger partial charge >= 0.3 is 0 Å². The van der Waals surface area contributed by atoms with Gasteiger partial charge in [0.25, 0.3) is 11.2 Å². The van der Waals surface area contributed by atoms with E-state index in [2.05, 4.69) is 15.1 Å². The predicted molar refractivity (Wildman–Crippen MR) is 108 cm³/mol. The summed E-state index contributed by atoms with van der Waals surface area (Å²) in [6.07, 6.45) is 2.01. The number of anilines is 1. The number of benzene rings is 2. The molecule has 3 rings (SSSR count). The first-order valence-electron chi connectivity index (χ1n) is 8.02. The molecular formula is C20H18N4OS. The Bertz CT molecular complexity index is 1030. The van der Waals surface area contributed by atoms with Crippen LogP contribution in [0.25, 0.3) is 21.9 Å². The number of aryl methyl sites for hydroxylation is 1. The van der Waals surface area contributed by atoms with Gasteiger partial charge in [-0.05, 0) is 37.4 Å². The Morgan fingerprint density at radius 3 is 2.31 bits per heavy atom. The van der Waals surface area contributed by atoms with Gasteiger partial charge in [-0.15, -0.1) is 11.8 Å². The summed E-state index contributed by atoms with van der Waals surface area (Å²) in [5.41, 5.74) is 2.20. The lowest BCUT2D eigenvalue weighted by atomic mass is 10.1. The van der Waals surface area contributed by atoms with E-state index in [1.54, 1.807) is 18.8 Å². The summed E-state index contributed by atoms with van der Waals surface area (Å²) in [6, 6.07) is 15.5. The molecule has 0 saturated heterocycles. The predicted octanol–water partition coefficient (Wildman–Crippen LogP) is 4.52. The number of hydrogen-bond donors (Lipinski definition) is 1. The van der Waals surface area contributed by atoms with Crippen molar-refractivity contribution >= 4 is 23.3 Å². The first kappa shape index (κ1) is 17.8. The van der Waals surface area contributed by atoms with Gasteiger partial charge in [0.1, 0.15) is 11.6 Å². The van der Waals surface area contributed by atoms with Crippen LogP contribution < -0.4 is 10.9 Å². The van der Waals surface area contributed by atoms with E-state index in [0.717, 1.165) is 16.0 Å². The normalized spacial score (nSPS) is 10.4. The Morgan fingerprint density at radius 1 is 1.12 bits per heavy atom. The number of thioether (sulfide) groups is 1. The Hall–Kier alpha value is -3.04. The molecule has 1 N–H and O–H groups in total. The SMILES string of the molecule is [C-]#[N+]c1c(NC)nc(-c2ccc(SC)cc2)n(-c2ccc(C)cc2)c1=O. The largest absolute Gasteiger partial charge is 0.382 e. The fourth-order valence-electron chi connectivity index (χ4n) is 2.65. The molecule has 0 radical (unpaired) electrons. The van der Waals surface area contributed by atoms with Crippen LogP contribution in [0.3, 0.4) is 0 Å². The summed E-state index contributed by atoms with van der Waals surface area (Å²) in [6.45, 7) is 9.37. The van der Waals surface area contributed by atoms with Crippen LogP contribution in [0.2, 0.25) is 0 Å². The van der Waals surface area contributed by atoms with E-state index < -0.39 is 0 Å². The fraction of sp³-hybridized carbons (Fsp3) is 0.150. The molecule has 130 valence electrons. The topological polar surface area (TPSA) is 51.3 Å². The molecule has 1 aromatic heterocycles. The van der Waals surface area contributed by atoms with Crippen LogP contribution in [-0.4, -0.2) is 22.9 Å². The first-order chi connectivity index (χ1) is 12.6. The Morgan fingerprint density at radius 2 is 1.77 bits per heavy atom. The summed E-state index contributed by atoms with van der Waals surface area (Å²) in [7, 11) is 1.66. The lowest BCUT2D eigenvalue weighted by Gasteiger charge is -2.15. The number of hydrogen-bond acceptors (Lipinski definition) is 4. The molecule has 0 saturated carbocycles. The average Bonchev–Trinajstić information content (AvgIpc) is 2.68. The van der Waals surface area contributed by atoms with Gasteiger partial charge in [0.05, 0.1) is 6.57 Å². The maximum Gasteiger partial charge on any atom is 0.291 e. The molecule has 0 fully saturated rings. The molecule has 1 heterocycles. The zero-order valence-corrected chi connectivity index (χ0v) is 15.6. The second-order valence-corrected chi connectivity index (χ2v) is 6.58. The number of nitrogens with zero attached hydrogens (tertiary/aromatic N) is 3. The highest BCUT2D eigenvalue weighted by molar-refractivity contribution is 7.98. The van der Waals surface area contributed by atoms with E-state index in [9.17, 15) is 4.79 Å². The summed E-state index contributed by atoms with van der Waals surface area (Å²) in [5.74, 6) is 0.792. The van der Waals surface area contributed by atoms with Gasteiger partial charge < -0.3 is 5.32 Å². The minimum absolute atomic E-state index is 0.0161. The van der Waals surface area contributed by atoms with Crippen LogP contribution in [0.5, 0.6) is 0 Å². The van der Waals surface area contributed by atoms with Crippen LogP contribution in [0, 0.1) is 13.5 Å². The Labute approximate surface area is 156 Å². The highest BCUT2D eigenvalue weighted by Gasteiger charge is 2.18. The lowest BCUT2D eigenvalue weighted by molar-refractivity contribution is 0.956. The van der Waals surface area contributed by atoms with E-state index in [0.29, 0.717) is 11.5 Å². The van der Waals surface area contributed by atoms with Gasteiger partial charge in [-0.1, -0.05) is 29.8 Å². The number of rotatable bonds is 4. The van der Waals surface area contributed by atoms with Gasteiger partial charge in [0, 0.05) is 23.2 Å². The Balaban J connectivity index is 2.33. The molecule has 0 spiro atoms. The van der Waals surface area contributed by atoms with Crippen LogP contribution in [0.1, 0.15) is 5.56 Å². The monoisotopic (exact) mass is 362 g/mol. The molecule has 0 aliphatic heterocycles. The number of nitrogens with one attached hydrogen (secondary N) is 1. The van der Waals surface area contributed by atoms with Crippen LogP contribution in [0.15, 0.2) is 58.2 Å². The fourth-order valence-corrected chi connectivity index (χ4v) is 3.06. The van der Waals surface area contributed by atoms with Crippen molar-refractivity contribution in [2.75, 3.05) is 18.6 Å². The maximum atomic E-state index is 13.0. The second kappa shape index (κ2) is 7.46. The molecule has 0 aliphatic rings. The number of aromatic nitrogens is 2. The van der Waals surface area contributed by atoms with Crippen LogP contribution in [0.4, 0.5) is 11.5 Å². The molecule has 2 aromatic carbocycles. The molecule has 5 nitrogen and oxygen atoms in total. The summed E-state index contributed by atoms with van der Waals surface area (Å²) < 4.78 is 1.50. The van der Waals surface area contributed by atoms with E-state index in [4.69, 9.17) is 6.57 Å². The zero-order valence-electron chi connectivity index (χ0n) is 14.8. The van der Waals surface area contributed by atoms with Gasteiger partial charge in [-0.25, -0.2) is 9.83 Å². The van der Waals surface area contributed by atoms with Crippen molar-refractivity contribution in [2.45, 2.75) is 11.8 Å². The van der Waals surface area contributed by atoms with Crippen molar-refractivity contribution < 1.29 is 0 Å². The molecule has 0 atom stereocenters. The molecule has 26 heavy (non-hydrogen) atoms. The summed E-state index contributed by atoms with van der Waals surface area (Å²) >= 11 is 1.65. The highest BCUT2D eigenvalue weighted by atomic mass is 32.2. The lowest BCUT2D eigenvalue weighted by Crippen LogP contribution is -2.22. The second-order valence-electron chi connectivity index (χ2n) is 5.70. The minimum atomic E-state index is -0.382. The average molecular weight is 362 g/mol. The standard InChI is InChI=1S/C20H18N4OS/c1-13-5-9-15(10-6-13)24-19(14-7-11-16(26-4)12-8-14)23-18(22-3)17(21-2)20(24)25/h5-12,22H,1,3-4H3. The third-order valence-corrected chi connectivity index (χ3v) is 4.79. The van der Waals surface area contributed by atoms with Crippen molar-refractivity contribution in [3.05, 3.63) is 75.9 Å². The summed E-state index contributed by atoms with van der Waals surface area (Å²) in [5, 5.41) is 2.87. The van der Waals surface area contributed by atoms with Crippen molar-refractivity contribution in [1.29, 1.82) is 0 Å². The van der Waals surface area contributed by atoms with Crippen molar-refractivity contribution in [1.82, 2.24) is 9.55 Å². The molecule has 6 heteroatoms. The summed E-state index contributed by atoms with van der Waals surface area (Å²) in [4.78, 5) is 22.2. The van der Waals surface area contributed by atoms with E-state index >= 15 is 0 Å². The van der Waals surface area contributed by atoms with E-state index in [1.807, 2.05) is 61.7 Å². The molecular weight excluding hydrogens is 344 g/mol. The van der Waals surface area contributed by atoms with E-state index in [1.165, 1.54) is 4.57 Å².